The third kappa shape index (κ3) is 4.22. The number of carbonyl (C=O) groups excluding carboxylic acids is 1. The van der Waals surface area contributed by atoms with Crippen LogP contribution in [0.25, 0.3) is 11.1 Å². The van der Waals surface area contributed by atoms with Gasteiger partial charge in [-0.05, 0) is 37.0 Å². The van der Waals surface area contributed by atoms with Crippen LogP contribution in [0.3, 0.4) is 0 Å². The highest BCUT2D eigenvalue weighted by molar-refractivity contribution is 7.89. The van der Waals surface area contributed by atoms with E-state index in [1.165, 1.54) is 12.1 Å². The maximum absolute atomic E-state index is 12.9. The van der Waals surface area contributed by atoms with Crippen LogP contribution in [0.2, 0.25) is 0 Å². The Balaban J connectivity index is 1.48. The molecule has 1 fully saturated rings. The minimum absolute atomic E-state index is 0.0732. The predicted molar refractivity (Wildman–Crippen MR) is 112 cm³/mol. The van der Waals surface area contributed by atoms with Crippen molar-refractivity contribution in [3.05, 3.63) is 53.3 Å². The Kier molecular flexibility index (Phi) is 5.57. The largest absolute Gasteiger partial charge is 0.351 e. The van der Waals surface area contributed by atoms with E-state index in [0.29, 0.717) is 28.3 Å². The summed E-state index contributed by atoms with van der Waals surface area (Å²) in [5, 5.41) is 7.53. The number of rotatable bonds is 8. The van der Waals surface area contributed by atoms with E-state index >= 15 is 0 Å². The molecule has 0 radical (unpaired) electrons. The number of fused-ring (bicyclic) bond motifs is 1. The minimum Gasteiger partial charge on any atom is -0.351 e. The first-order chi connectivity index (χ1) is 14.4. The van der Waals surface area contributed by atoms with E-state index in [-0.39, 0.29) is 29.8 Å². The average Bonchev–Trinajstić information content (AvgIpc) is 3.49. The zero-order valence-electron chi connectivity index (χ0n) is 16.9. The molecule has 30 heavy (non-hydrogen) atoms. The number of sulfonamides is 1. The van der Waals surface area contributed by atoms with Gasteiger partial charge in [0.25, 0.3) is 11.6 Å². The summed E-state index contributed by atoms with van der Waals surface area (Å²) in [7, 11) is -3.61. The van der Waals surface area contributed by atoms with Crippen molar-refractivity contribution in [1.29, 1.82) is 0 Å². The maximum Gasteiger partial charge on any atom is 0.259 e. The summed E-state index contributed by atoms with van der Waals surface area (Å²) in [6, 6.07) is 9.93. The molecule has 0 aliphatic heterocycles. The molecule has 4 rings (SSSR count). The Labute approximate surface area is 175 Å². The summed E-state index contributed by atoms with van der Waals surface area (Å²) >= 11 is 0. The molecule has 0 unspecified atom stereocenters. The fourth-order valence-corrected chi connectivity index (χ4v) is 4.35. The summed E-state index contributed by atoms with van der Waals surface area (Å²) in [5.74, 6) is 0.128. The highest BCUT2D eigenvalue weighted by Crippen LogP contribution is 2.41. The van der Waals surface area contributed by atoms with Gasteiger partial charge < -0.3 is 9.84 Å². The number of pyridine rings is 1. The molecular weight excluding hydrogens is 404 g/mol. The van der Waals surface area contributed by atoms with Gasteiger partial charge in [0, 0.05) is 24.7 Å². The van der Waals surface area contributed by atoms with Crippen molar-refractivity contribution in [3.8, 4) is 0 Å². The van der Waals surface area contributed by atoms with E-state index in [0.717, 1.165) is 18.5 Å². The van der Waals surface area contributed by atoms with Crippen LogP contribution in [0.5, 0.6) is 0 Å². The number of nitrogens with one attached hydrogen (secondary N) is 2. The van der Waals surface area contributed by atoms with Crippen LogP contribution in [0, 0.1) is 0 Å². The highest BCUT2D eigenvalue weighted by atomic mass is 32.2. The second-order valence-corrected chi connectivity index (χ2v) is 9.51. The third-order valence-electron chi connectivity index (χ3n) is 5.04. The lowest BCUT2D eigenvalue weighted by atomic mass is 10.0. The Bertz CT molecular complexity index is 1170. The van der Waals surface area contributed by atoms with Gasteiger partial charge >= 0.3 is 0 Å². The number of nitrogens with zero attached hydrogens (tertiary/aromatic N) is 2. The second kappa shape index (κ2) is 8.16. The van der Waals surface area contributed by atoms with E-state index in [1.807, 2.05) is 19.9 Å². The van der Waals surface area contributed by atoms with Crippen LogP contribution >= 0.6 is 0 Å². The molecule has 2 N–H and O–H groups in total. The topological polar surface area (TPSA) is 114 Å². The predicted octanol–water partition coefficient (Wildman–Crippen LogP) is 2.93. The molecule has 2 aromatic heterocycles. The summed E-state index contributed by atoms with van der Waals surface area (Å²) in [6.45, 7) is 4.18. The van der Waals surface area contributed by atoms with Gasteiger partial charge in [0.1, 0.15) is 0 Å². The fourth-order valence-electron chi connectivity index (χ4n) is 3.29. The number of hydrogen-bond acceptors (Lipinski definition) is 6. The van der Waals surface area contributed by atoms with Crippen LogP contribution in [0.1, 0.15) is 60.3 Å². The van der Waals surface area contributed by atoms with Crippen molar-refractivity contribution in [2.75, 3.05) is 13.1 Å². The van der Waals surface area contributed by atoms with E-state index in [9.17, 15) is 13.2 Å². The monoisotopic (exact) mass is 428 g/mol. The molecule has 2 heterocycles. The zero-order chi connectivity index (χ0) is 21.3. The first-order valence-corrected chi connectivity index (χ1v) is 11.5. The molecule has 3 aromatic rings. The Hall–Kier alpha value is -2.78. The van der Waals surface area contributed by atoms with Gasteiger partial charge in [0.2, 0.25) is 10.0 Å². The van der Waals surface area contributed by atoms with Gasteiger partial charge in [-0.2, -0.15) is 0 Å². The zero-order valence-corrected chi connectivity index (χ0v) is 17.7. The summed E-state index contributed by atoms with van der Waals surface area (Å²) < 4.78 is 32.5. The van der Waals surface area contributed by atoms with Gasteiger partial charge in [-0.15, -0.1) is 0 Å². The van der Waals surface area contributed by atoms with Gasteiger partial charge in [0.05, 0.1) is 21.5 Å². The van der Waals surface area contributed by atoms with Crippen molar-refractivity contribution >= 4 is 27.0 Å². The number of carbonyl (C=O) groups is 1. The number of benzene rings is 1. The minimum atomic E-state index is -3.61. The van der Waals surface area contributed by atoms with Gasteiger partial charge in [0.15, 0.2) is 0 Å². The van der Waals surface area contributed by atoms with Crippen LogP contribution < -0.4 is 10.0 Å². The van der Waals surface area contributed by atoms with E-state index in [4.69, 9.17) is 4.52 Å². The van der Waals surface area contributed by atoms with Gasteiger partial charge in [-0.25, -0.2) is 18.1 Å². The van der Waals surface area contributed by atoms with Crippen molar-refractivity contribution < 1.29 is 17.7 Å². The second-order valence-electron chi connectivity index (χ2n) is 7.74. The van der Waals surface area contributed by atoms with Gasteiger partial charge in [-0.1, -0.05) is 37.2 Å². The Morgan fingerprint density at radius 3 is 2.60 bits per heavy atom. The highest BCUT2D eigenvalue weighted by Gasteiger charge is 2.29. The van der Waals surface area contributed by atoms with Crippen molar-refractivity contribution in [1.82, 2.24) is 20.2 Å². The summed E-state index contributed by atoms with van der Waals surface area (Å²) in [5.41, 5.74) is 2.37. The quantitative estimate of drug-likeness (QED) is 0.533. The average molecular weight is 429 g/mol. The molecule has 0 atom stereocenters. The molecule has 0 bridgehead atoms. The van der Waals surface area contributed by atoms with Crippen molar-refractivity contribution in [2.24, 2.45) is 0 Å². The number of hydrogen-bond donors (Lipinski definition) is 2. The maximum atomic E-state index is 12.9. The lowest BCUT2D eigenvalue weighted by molar-refractivity contribution is 0.0955. The summed E-state index contributed by atoms with van der Waals surface area (Å²) in [6.07, 6.45) is 2.10. The lowest BCUT2D eigenvalue weighted by Gasteiger charge is -2.10. The Morgan fingerprint density at radius 1 is 1.20 bits per heavy atom. The van der Waals surface area contributed by atoms with E-state index in [1.54, 1.807) is 18.2 Å². The van der Waals surface area contributed by atoms with Crippen LogP contribution in [0.4, 0.5) is 0 Å². The standard InChI is InChI=1S/C21H24N4O4S/c1-13(2)19-18-16(12-17(14-8-9-14)24-21(18)29-25-19)20(26)22-10-11-23-30(27,28)15-6-4-3-5-7-15/h3-7,12-14,23H,8-11H2,1-2H3,(H,22,26). The molecule has 1 aliphatic rings. The van der Waals surface area contributed by atoms with Crippen molar-refractivity contribution in [2.45, 2.75) is 43.4 Å². The first-order valence-electron chi connectivity index (χ1n) is 10.00. The smallest absolute Gasteiger partial charge is 0.259 e. The molecule has 0 saturated heterocycles. The van der Waals surface area contributed by atoms with Gasteiger partial charge in [-0.3, -0.25) is 4.79 Å². The number of amides is 1. The van der Waals surface area contributed by atoms with E-state index in [2.05, 4.69) is 20.2 Å². The van der Waals surface area contributed by atoms with Crippen LogP contribution in [0.15, 0.2) is 45.8 Å². The molecule has 1 aliphatic carbocycles. The SMILES string of the molecule is CC(C)c1noc2nc(C3CC3)cc(C(=O)NCCNS(=O)(=O)c3ccccc3)c12. The molecule has 8 nitrogen and oxygen atoms in total. The molecule has 1 aromatic carbocycles. The molecular formula is C21H24N4O4S. The fraction of sp³-hybridized carbons (Fsp3) is 0.381. The molecule has 1 saturated carbocycles. The molecule has 1 amide bonds. The molecule has 9 heteroatoms. The van der Waals surface area contributed by atoms with E-state index < -0.39 is 10.0 Å². The van der Waals surface area contributed by atoms with Crippen LogP contribution in [-0.4, -0.2) is 37.6 Å². The molecule has 158 valence electrons. The number of aromatic nitrogens is 2. The van der Waals surface area contributed by atoms with Crippen molar-refractivity contribution in [3.63, 3.8) is 0 Å². The molecule has 0 spiro atoms. The van der Waals surface area contributed by atoms with Crippen LogP contribution in [-0.2, 0) is 10.0 Å². The Morgan fingerprint density at radius 2 is 1.93 bits per heavy atom. The lowest BCUT2D eigenvalue weighted by Crippen LogP contribution is -2.34. The third-order valence-corrected chi connectivity index (χ3v) is 6.51. The summed E-state index contributed by atoms with van der Waals surface area (Å²) in [4.78, 5) is 17.7. The first kappa shape index (κ1) is 20.5. The normalized spacial score (nSPS) is 14.4.